The zero-order valence-electron chi connectivity index (χ0n) is 10.7. The minimum atomic E-state index is -0.123. The topological polar surface area (TPSA) is 41.5 Å². The predicted molar refractivity (Wildman–Crippen MR) is 70.5 cm³/mol. The van der Waals surface area contributed by atoms with Gasteiger partial charge >= 0.3 is 0 Å². The Bertz CT molecular complexity index is 374. The van der Waals surface area contributed by atoms with Crippen LogP contribution in [-0.2, 0) is 6.42 Å². The number of rotatable bonds is 6. The van der Waals surface area contributed by atoms with Crippen LogP contribution in [0.1, 0.15) is 19.4 Å². The average molecular weight is 235 g/mol. The van der Waals surface area contributed by atoms with E-state index in [9.17, 15) is 5.11 Å². The molecule has 3 heteroatoms. The van der Waals surface area contributed by atoms with Crippen molar-refractivity contribution in [1.82, 2.24) is 5.32 Å². The summed E-state index contributed by atoms with van der Waals surface area (Å²) in [5.41, 5.74) is 1.11. The first-order chi connectivity index (χ1) is 8.02. The molecule has 0 aliphatic rings. The van der Waals surface area contributed by atoms with E-state index in [0.717, 1.165) is 11.3 Å². The number of methoxy groups -OCH3 is 1. The third-order valence-electron chi connectivity index (χ3n) is 2.51. The van der Waals surface area contributed by atoms with Gasteiger partial charge in [-0.3, -0.25) is 0 Å². The fourth-order valence-electron chi connectivity index (χ4n) is 1.71. The lowest BCUT2D eigenvalue weighted by molar-refractivity contribution is 0.328. The second-order valence-electron chi connectivity index (χ2n) is 4.42. The van der Waals surface area contributed by atoms with E-state index in [4.69, 9.17) is 4.74 Å². The molecule has 1 rings (SSSR count). The highest BCUT2D eigenvalue weighted by molar-refractivity contribution is 5.29. The lowest BCUT2D eigenvalue weighted by atomic mass is 10.0. The van der Waals surface area contributed by atoms with Crippen LogP contribution >= 0.6 is 0 Å². The van der Waals surface area contributed by atoms with Gasteiger partial charge in [0, 0.05) is 6.04 Å². The maximum absolute atomic E-state index is 9.56. The van der Waals surface area contributed by atoms with Crippen molar-refractivity contribution < 1.29 is 9.84 Å². The summed E-state index contributed by atoms with van der Waals surface area (Å²) in [4.78, 5) is 0. The molecule has 0 saturated carbocycles. The van der Waals surface area contributed by atoms with Gasteiger partial charge in [0.05, 0.1) is 13.2 Å². The van der Waals surface area contributed by atoms with E-state index < -0.39 is 0 Å². The Morgan fingerprint density at radius 1 is 1.47 bits per heavy atom. The highest BCUT2D eigenvalue weighted by Gasteiger charge is 2.13. The summed E-state index contributed by atoms with van der Waals surface area (Å²) in [6.07, 6.45) is 0.699. The Labute approximate surface area is 103 Å². The molecular weight excluding hydrogens is 214 g/mol. The van der Waals surface area contributed by atoms with E-state index in [2.05, 4.69) is 11.9 Å². The fourth-order valence-corrected chi connectivity index (χ4v) is 1.71. The molecule has 2 N–H and O–H groups in total. The van der Waals surface area contributed by atoms with Crippen LogP contribution in [0.25, 0.3) is 0 Å². The Hall–Kier alpha value is -1.48. The summed E-state index contributed by atoms with van der Waals surface area (Å²) in [6, 6.07) is 8.01. The third kappa shape index (κ3) is 4.49. The Balaban J connectivity index is 2.74. The summed E-state index contributed by atoms with van der Waals surface area (Å²) < 4.78 is 5.17. The quantitative estimate of drug-likeness (QED) is 0.745. The van der Waals surface area contributed by atoms with Crippen LogP contribution in [0.3, 0.4) is 0 Å². The average Bonchev–Trinajstić information content (AvgIpc) is 2.27. The molecule has 0 fully saturated rings. The van der Waals surface area contributed by atoms with Crippen molar-refractivity contribution in [3.05, 3.63) is 42.2 Å². The molecule has 1 unspecified atom stereocenters. The zero-order chi connectivity index (χ0) is 12.8. The maximum atomic E-state index is 9.56. The van der Waals surface area contributed by atoms with Gasteiger partial charge in [0.2, 0.25) is 0 Å². The SMILES string of the molecule is C=C(O)C(Cc1cccc(OC)c1)NC(C)C. The van der Waals surface area contributed by atoms with Crippen molar-refractivity contribution in [2.24, 2.45) is 0 Å². The summed E-state index contributed by atoms with van der Waals surface area (Å²) in [5, 5.41) is 12.8. The van der Waals surface area contributed by atoms with Gasteiger partial charge in [-0.1, -0.05) is 32.6 Å². The van der Waals surface area contributed by atoms with Crippen LogP contribution < -0.4 is 10.1 Å². The standard InChI is InChI=1S/C14H21NO2/c1-10(2)15-14(11(3)16)9-12-6-5-7-13(8-12)17-4/h5-8,10,14-16H,3,9H2,1-2,4H3. The highest BCUT2D eigenvalue weighted by atomic mass is 16.5. The number of benzene rings is 1. The largest absolute Gasteiger partial charge is 0.511 e. The maximum Gasteiger partial charge on any atom is 0.119 e. The molecule has 0 aliphatic heterocycles. The van der Waals surface area contributed by atoms with Gasteiger partial charge in [-0.25, -0.2) is 0 Å². The van der Waals surface area contributed by atoms with E-state index in [-0.39, 0.29) is 11.8 Å². The first-order valence-electron chi connectivity index (χ1n) is 5.79. The molecule has 1 aromatic carbocycles. The molecule has 0 amide bonds. The van der Waals surface area contributed by atoms with Gasteiger partial charge in [-0.2, -0.15) is 0 Å². The predicted octanol–water partition coefficient (Wildman–Crippen LogP) is 2.68. The van der Waals surface area contributed by atoms with Crippen LogP contribution in [0.5, 0.6) is 5.75 Å². The van der Waals surface area contributed by atoms with E-state index in [1.807, 2.05) is 38.1 Å². The molecule has 3 nitrogen and oxygen atoms in total. The number of hydrogen-bond donors (Lipinski definition) is 2. The van der Waals surface area contributed by atoms with Crippen molar-refractivity contribution in [1.29, 1.82) is 0 Å². The molecule has 0 heterocycles. The van der Waals surface area contributed by atoms with Crippen LogP contribution in [0.4, 0.5) is 0 Å². The summed E-state index contributed by atoms with van der Waals surface area (Å²) in [5.74, 6) is 0.996. The molecular formula is C14H21NO2. The Kier molecular flexibility index (Phi) is 5.04. The van der Waals surface area contributed by atoms with Crippen molar-refractivity contribution in [2.75, 3.05) is 7.11 Å². The second kappa shape index (κ2) is 6.30. The Morgan fingerprint density at radius 3 is 2.71 bits per heavy atom. The number of nitrogens with one attached hydrogen (secondary N) is 1. The number of hydrogen-bond acceptors (Lipinski definition) is 3. The first kappa shape index (κ1) is 13.6. The minimum Gasteiger partial charge on any atom is -0.511 e. The first-order valence-corrected chi connectivity index (χ1v) is 5.79. The summed E-state index contributed by atoms with van der Waals surface area (Å²) in [6.45, 7) is 7.70. The molecule has 0 bridgehead atoms. The van der Waals surface area contributed by atoms with Crippen molar-refractivity contribution in [2.45, 2.75) is 32.4 Å². The molecule has 0 radical (unpaired) electrons. The highest BCUT2D eigenvalue weighted by Crippen LogP contribution is 2.15. The van der Waals surface area contributed by atoms with E-state index >= 15 is 0 Å². The van der Waals surface area contributed by atoms with Crippen LogP contribution in [0, 0.1) is 0 Å². The van der Waals surface area contributed by atoms with E-state index in [1.165, 1.54) is 0 Å². The van der Waals surface area contributed by atoms with E-state index in [1.54, 1.807) is 7.11 Å². The smallest absolute Gasteiger partial charge is 0.119 e. The lowest BCUT2D eigenvalue weighted by Crippen LogP contribution is -2.37. The van der Waals surface area contributed by atoms with Crippen LogP contribution in [-0.4, -0.2) is 24.3 Å². The summed E-state index contributed by atoms with van der Waals surface area (Å²) in [7, 11) is 1.65. The van der Waals surface area contributed by atoms with Crippen molar-refractivity contribution in [3.63, 3.8) is 0 Å². The van der Waals surface area contributed by atoms with Crippen molar-refractivity contribution in [3.8, 4) is 5.75 Å². The van der Waals surface area contributed by atoms with Gasteiger partial charge < -0.3 is 15.2 Å². The molecule has 94 valence electrons. The molecule has 17 heavy (non-hydrogen) atoms. The van der Waals surface area contributed by atoms with Gasteiger partial charge in [0.15, 0.2) is 0 Å². The monoisotopic (exact) mass is 235 g/mol. The molecule has 0 spiro atoms. The number of ether oxygens (including phenoxy) is 1. The van der Waals surface area contributed by atoms with Crippen LogP contribution in [0.15, 0.2) is 36.6 Å². The van der Waals surface area contributed by atoms with Crippen LogP contribution in [0.2, 0.25) is 0 Å². The second-order valence-corrected chi connectivity index (χ2v) is 4.42. The van der Waals surface area contributed by atoms with E-state index in [0.29, 0.717) is 12.5 Å². The van der Waals surface area contributed by atoms with Gasteiger partial charge in [-0.05, 0) is 24.1 Å². The summed E-state index contributed by atoms with van der Waals surface area (Å²) >= 11 is 0. The molecule has 1 atom stereocenters. The fraction of sp³-hybridized carbons (Fsp3) is 0.429. The third-order valence-corrected chi connectivity index (χ3v) is 2.51. The van der Waals surface area contributed by atoms with Gasteiger partial charge in [0.25, 0.3) is 0 Å². The molecule has 0 aliphatic carbocycles. The molecule has 0 aromatic heterocycles. The number of aliphatic hydroxyl groups excluding tert-OH is 1. The number of aliphatic hydroxyl groups is 1. The normalized spacial score (nSPS) is 12.5. The molecule has 1 aromatic rings. The zero-order valence-corrected chi connectivity index (χ0v) is 10.7. The molecule has 0 saturated heterocycles. The minimum absolute atomic E-state index is 0.123. The van der Waals surface area contributed by atoms with Gasteiger partial charge in [-0.15, -0.1) is 0 Å². The van der Waals surface area contributed by atoms with Gasteiger partial charge in [0.1, 0.15) is 11.5 Å². The van der Waals surface area contributed by atoms with Crippen molar-refractivity contribution >= 4 is 0 Å². The lowest BCUT2D eigenvalue weighted by Gasteiger charge is -2.20. The Morgan fingerprint density at radius 2 is 2.18 bits per heavy atom.